The maximum absolute atomic E-state index is 13.6. The molecule has 148 valence electrons. The van der Waals surface area contributed by atoms with Gasteiger partial charge in [0.15, 0.2) is 0 Å². The van der Waals surface area contributed by atoms with Crippen molar-refractivity contribution >= 4 is 17.5 Å². The zero-order valence-corrected chi connectivity index (χ0v) is 16.3. The monoisotopic (exact) mass is 397 g/mol. The van der Waals surface area contributed by atoms with Crippen LogP contribution < -0.4 is 9.64 Å². The fraction of sp³-hybridized carbons (Fsp3) is 0.200. The van der Waals surface area contributed by atoms with Crippen molar-refractivity contribution < 1.29 is 19.4 Å². The van der Waals surface area contributed by atoms with Crippen LogP contribution in [0, 0.1) is 11.8 Å². The van der Waals surface area contributed by atoms with E-state index in [2.05, 4.69) is 0 Å². The number of benzene rings is 3. The second-order valence-corrected chi connectivity index (χ2v) is 8.13. The molecule has 4 aliphatic rings. The lowest BCUT2D eigenvalue weighted by Gasteiger charge is -2.51. The number of aliphatic hydroxyl groups is 1. The van der Waals surface area contributed by atoms with Gasteiger partial charge in [-0.2, -0.15) is 0 Å². The lowest BCUT2D eigenvalue weighted by atomic mass is 9.52. The summed E-state index contributed by atoms with van der Waals surface area (Å²) in [6.07, 6.45) is 0. The second-order valence-electron chi connectivity index (χ2n) is 8.13. The first kappa shape index (κ1) is 17.4. The van der Waals surface area contributed by atoms with Gasteiger partial charge in [-0.3, -0.25) is 9.59 Å². The highest BCUT2D eigenvalue weighted by atomic mass is 16.5. The summed E-state index contributed by atoms with van der Waals surface area (Å²) in [4.78, 5) is 28.5. The number of carbonyl (C=O) groups is 2. The summed E-state index contributed by atoms with van der Waals surface area (Å²) in [5.74, 6) is -1.70. The minimum Gasteiger partial charge on any atom is -0.497 e. The minimum absolute atomic E-state index is 0.254. The van der Waals surface area contributed by atoms with Gasteiger partial charge >= 0.3 is 0 Å². The van der Waals surface area contributed by atoms with E-state index in [-0.39, 0.29) is 17.7 Å². The smallest absolute Gasteiger partial charge is 0.241 e. The van der Waals surface area contributed by atoms with Crippen LogP contribution in [0.2, 0.25) is 0 Å². The molecule has 0 aromatic heterocycles. The molecular weight excluding hydrogens is 378 g/mol. The van der Waals surface area contributed by atoms with E-state index in [0.29, 0.717) is 11.4 Å². The van der Waals surface area contributed by atoms with Crippen molar-refractivity contribution in [3.05, 3.63) is 95.1 Å². The first-order chi connectivity index (χ1) is 14.6. The highest BCUT2D eigenvalue weighted by Gasteiger charge is 2.68. The summed E-state index contributed by atoms with van der Waals surface area (Å²) in [6.45, 7) is 0. The molecule has 1 heterocycles. The van der Waals surface area contributed by atoms with E-state index >= 15 is 0 Å². The van der Waals surface area contributed by atoms with Crippen LogP contribution in [0.3, 0.4) is 0 Å². The molecule has 5 nitrogen and oxygen atoms in total. The highest BCUT2D eigenvalue weighted by Crippen LogP contribution is 2.63. The highest BCUT2D eigenvalue weighted by molar-refractivity contribution is 6.23. The molecule has 2 unspecified atom stereocenters. The largest absolute Gasteiger partial charge is 0.497 e. The number of hydrogen-bond acceptors (Lipinski definition) is 4. The summed E-state index contributed by atoms with van der Waals surface area (Å²) in [5.41, 5.74) is 2.28. The Morgan fingerprint density at radius 3 is 1.97 bits per heavy atom. The summed E-state index contributed by atoms with van der Waals surface area (Å²) in [5, 5.41) is 12.1. The molecule has 0 saturated carbocycles. The maximum atomic E-state index is 13.6. The number of hydrogen-bond donors (Lipinski definition) is 1. The van der Waals surface area contributed by atoms with E-state index in [1.807, 2.05) is 48.5 Å². The van der Waals surface area contributed by atoms with E-state index in [9.17, 15) is 14.7 Å². The summed E-state index contributed by atoms with van der Waals surface area (Å²) >= 11 is 0. The minimum atomic E-state index is -1.53. The molecule has 0 radical (unpaired) electrons. The van der Waals surface area contributed by atoms with E-state index in [1.54, 1.807) is 31.4 Å². The third-order valence-corrected chi connectivity index (χ3v) is 6.90. The number of nitrogens with zero attached hydrogens (tertiary/aromatic N) is 1. The predicted molar refractivity (Wildman–Crippen MR) is 110 cm³/mol. The Labute approximate surface area is 173 Å². The number of methoxy groups -OCH3 is 1. The molecule has 0 spiro atoms. The molecule has 1 fully saturated rings. The Kier molecular flexibility index (Phi) is 3.37. The van der Waals surface area contributed by atoms with Gasteiger partial charge < -0.3 is 9.84 Å². The van der Waals surface area contributed by atoms with Crippen molar-refractivity contribution in [1.29, 1.82) is 0 Å². The quantitative estimate of drug-likeness (QED) is 0.675. The summed E-state index contributed by atoms with van der Waals surface area (Å²) < 4.78 is 5.20. The van der Waals surface area contributed by atoms with Gasteiger partial charge in [-0.1, -0.05) is 48.5 Å². The molecule has 3 aromatic carbocycles. The van der Waals surface area contributed by atoms with Gasteiger partial charge in [0.05, 0.1) is 24.6 Å². The van der Waals surface area contributed by atoms with Crippen molar-refractivity contribution in [2.75, 3.05) is 12.0 Å². The van der Waals surface area contributed by atoms with Crippen molar-refractivity contribution in [3.8, 4) is 5.75 Å². The third kappa shape index (κ3) is 1.91. The fourth-order valence-electron chi connectivity index (χ4n) is 5.72. The van der Waals surface area contributed by atoms with Gasteiger partial charge in [0.2, 0.25) is 11.8 Å². The van der Waals surface area contributed by atoms with Crippen LogP contribution in [0.15, 0.2) is 72.8 Å². The summed E-state index contributed by atoms with van der Waals surface area (Å²) in [6, 6.07) is 22.1. The number of anilines is 1. The van der Waals surface area contributed by atoms with Gasteiger partial charge in [-0.05, 0) is 46.5 Å². The number of ether oxygens (including phenoxy) is 1. The third-order valence-electron chi connectivity index (χ3n) is 6.90. The van der Waals surface area contributed by atoms with Crippen LogP contribution in [0.25, 0.3) is 0 Å². The van der Waals surface area contributed by atoms with Gasteiger partial charge in [0.1, 0.15) is 11.4 Å². The number of rotatable bonds is 2. The van der Waals surface area contributed by atoms with Crippen molar-refractivity contribution in [3.63, 3.8) is 0 Å². The fourth-order valence-corrected chi connectivity index (χ4v) is 5.72. The SMILES string of the molecule is COc1ccc(N2C(=O)C3C4c5ccccc5C(O)(c5ccccc54)C3C2=O)cc1. The molecule has 3 aliphatic carbocycles. The molecule has 1 aliphatic heterocycles. The second kappa shape index (κ2) is 5.80. The predicted octanol–water partition coefficient (Wildman–Crippen LogP) is 3.20. The molecule has 2 bridgehead atoms. The average Bonchev–Trinajstić information content (AvgIpc) is 3.06. The lowest BCUT2D eigenvalue weighted by Crippen LogP contribution is -2.53. The van der Waals surface area contributed by atoms with E-state index in [0.717, 1.165) is 22.3 Å². The normalized spacial score (nSPS) is 28.2. The van der Waals surface area contributed by atoms with E-state index in [4.69, 9.17) is 4.74 Å². The molecule has 3 aromatic rings. The molecular formula is C25H19NO4. The molecule has 1 saturated heterocycles. The Balaban J connectivity index is 1.57. The Bertz CT molecular complexity index is 1170. The standard InChI is InChI=1S/C25H19NO4/c1-30-15-12-10-14(11-13-15)26-23(27)21-20-16-6-2-4-8-18(16)25(29,22(21)24(26)28)19-9-5-3-7-17(19)20/h2-13,20-22,29H,1H3. The van der Waals surface area contributed by atoms with E-state index < -0.39 is 17.4 Å². The maximum Gasteiger partial charge on any atom is 0.241 e. The van der Waals surface area contributed by atoms with Gasteiger partial charge in [-0.15, -0.1) is 0 Å². The van der Waals surface area contributed by atoms with Crippen molar-refractivity contribution in [2.45, 2.75) is 11.5 Å². The van der Waals surface area contributed by atoms with Crippen LogP contribution in [-0.4, -0.2) is 24.0 Å². The molecule has 5 heteroatoms. The summed E-state index contributed by atoms with van der Waals surface area (Å²) in [7, 11) is 1.57. The molecule has 2 amide bonds. The van der Waals surface area contributed by atoms with Crippen molar-refractivity contribution in [1.82, 2.24) is 0 Å². The number of amides is 2. The van der Waals surface area contributed by atoms with Gasteiger partial charge in [0, 0.05) is 5.92 Å². The Morgan fingerprint density at radius 1 is 0.833 bits per heavy atom. The van der Waals surface area contributed by atoms with Crippen LogP contribution in [0.5, 0.6) is 5.75 Å². The molecule has 30 heavy (non-hydrogen) atoms. The van der Waals surface area contributed by atoms with Crippen molar-refractivity contribution in [2.24, 2.45) is 11.8 Å². The zero-order chi connectivity index (χ0) is 20.6. The lowest BCUT2D eigenvalue weighted by molar-refractivity contribution is -0.133. The van der Waals surface area contributed by atoms with Crippen LogP contribution in [0.1, 0.15) is 28.2 Å². The topological polar surface area (TPSA) is 66.8 Å². The number of imide groups is 1. The zero-order valence-electron chi connectivity index (χ0n) is 16.3. The first-order valence-electron chi connectivity index (χ1n) is 10.0. The molecule has 2 atom stereocenters. The van der Waals surface area contributed by atoms with Crippen LogP contribution in [-0.2, 0) is 15.2 Å². The van der Waals surface area contributed by atoms with Gasteiger partial charge in [0.25, 0.3) is 0 Å². The van der Waals surface area contributed by atoms with Crippen LogP contribution in [0.4, 0.5) is 5.69 Å². The Hall–Kier alpha value is -3.44. The van der Waals surface area contributed by atoms with Gasteiger partial charge in [-0.25, -0.2) is 4.90 Å². The number of carbonyl (C=O) groups excluding carboxylic acids is 2. The van der Waals surface area contributed by atoms with E-state index in [1.165, 1.54) is 4.90 Å². The average molecular weight is 397 g/mol. The molecule has 1 N–H and O–H groups in total. The first-order valence-corrected chi connectivity index (χ1v) is 10.0. The van der Waals surface area contributed by atoms with Crippen LogP contribution >= 0.6 is 0 Å². The molecule has 7 rings (SSSR count). The Morgan fingerprint density at radius 2 is 1.40 bits per heavy atom.